The normalized spacial score (nSPS) is 40.5. The fourth-order valence-corrected chi connectivity index (χ4v) is 9.85. The van der Waals surface area contributed by atoms with Crippen LogP contribution in [-0.4, -0.2) is 48.7 Å². The van der Waals surface area contributed by atoms with Crippen LogP contribution in [0.25, 0.3) is 0 Å². The van der Waals surface area contributed by atoms with Gasteiger partial charge >= 0.3 is 0 Å². The Morgan fingerprint density at radius 3 is 2.88 bits per heavy atom. The smallest absolute Gasteiger partial charge is 0.128 e. The Bertz CT molecular complexity index is 1100. The van der Waals surface area contributed by atoms with Gasteiger partial charge in [0.15, 0.2) is 0 Å². The van der Waals surface area contributed by atoms with E-state index in [2.05, 4.69) is 46.2 Å². The second-order valence-electron chi connectivity index (χ2n) is 12.0. The van der Waals surface area contributed by atoms with E-state index in [-0.39, 0.29) is 0 Å². The monoisotopic (exact) mass is 441 g/mol. The van der Waals surface area contributed by atoms with Gasteiger partial charge in [-0.2, -0.15) is 0 Å². The average molecular weight is 442 g/mol. The van der Waals surface area contributed by atoms with Gasteiger partial charge in [-0.3, -0.25) is 4.90 Å². The molecule has 0 spiro atoms. The molecule has 2 unspecified atom stereocenters. The van der Waals surface area contributed by atoms with Crippen LogP contribution in [0.1, 0.15) is 49.7 Å². The van der Waals surface area contributed by atoms with E-state index in [0.29, 0.717) is 16.9 Å². The molecule has 1 aromatic carbocycles. The first kappa shape index (κ1) is 19.3. The molecule has 172 valence electrons. The van der Waals surface area contributed by atoms with Crippen LogP contribution in [0.2, 0.25) is 0 Å². The van der Waals surface area contributed by atoms with Crippen molar-refractivity contribution in [1.82, 2.24) is 9.88 Å². The predicted molar refractivity (Wildman–Crippen MR) is 130 cm³/mol. The molecule has 6 atom stereocenters. The van der Waals surface area contributed by atoms with Crippen molar-refractivity contribution in [2.75, 3.05) is 31.6 Å². The van der Waals surface area contributed by atoms with Crippen LogP contribution in [0.3, 0.4) is 0 Å². The molecule has 33 heavy (non-hydrogen) atoms. The van der Waals surface area contributed by atoms with Crippen LogP contribution < -0.4 is 9.64 Å². The van der Waals surface area contributed by atoms with Crippen molar-refractivity contribution in [1.29, 1.82) is 0 Å². The molecule has 4 nitrogen and oxygen atoms in total. The van der Waals surface area contributed by atoms with E-state index in [9.17, 15) is 0 Å². The molecular formula is C29H35N3O. The molecule has 0 N–H and O–H groups in total. The standard InChI is InChI=1S/C29H35N3O/c1-33-22-8-7-20-14-25-28-10-9-24-27(21(16-28)18-32(24)26-4-2-3-12-30-26)29(28,23(20)15-22)11-13-31(25)17-19-5-6-19/h2-4,7-8,12,15,19,21,24-25,27H,5-6,9-11,13-14,16-18H2,1H3/t21-,24?,25-,27?,28-,29+/m1/s1. The van der Waals surface area contributed by atoms with Gasteiger partial charge in [0.2, 0.25) is 0 Å². The number of nitrogens with zero attached hydrogens (tertiary/aromatic N) is 3. The lowest BCUT2D eigenvalue weighted by molar-refractivity contribution is -0.0921. The minimum Gasteiger partial charge on any atom is -0.497 e. The summed E-state index contributed by atoms with van der Waals surface area (Å²) in [7, 11) is 1.83. The summed E-state index contributed by atoms with van der Waals surface area (Å²) in [4.78, 5) is 10.5. The van der Waals surface area contributed by atoms with Crippen LogP contribution >= 0.6 is 0 Å². The second kappa shape index (κ2) is 6.53. The molecule has 3 heterocycles. The number of methoxy groups -OCH3 is 1. The third kappa shape index (κ3) is 2.34. The van der Waals surface area contributed by atoms with Gasteiger partial charge in [0.1, 0.15) is 11.6 Å². The zero-order valence-electron chi connectivity index (χ0n) is 19.7. The van der Waals surface area contributed by atoms with Gasteiger partial charge in [0, 0.05) is 36.8 Å². The number of pyridine rings is 1. The quantitative estimate of drug-likeness (QED) is 0.689. The lowest BCUT2D eigenvalue weighted by Gasteiger charge is -2.66. The zero-order valence-corrected chi connectivity index (χ0v) is 19.7. The van der Waals surface area contributed by atoms with Gasteiger partial charge in [-0.05, 0) is 110 Å². The summed E-state index contributed by atoms with van der Waals surface area (Å²) in [6, 6.07) is 14.9. The number of piperidine rings is 1. The predicted octanol–water partition coefficient (Wildman–Crippen LogP) is 4.67. The molecule has 2 aromatic rings. The molecule has 8 rings (SSSR count). The SMILES string of the molecule is COc1ccc2c(c1)[C@]13CCN(CC4CC4)[C@H](C2)[C@]12CCC1C3[C@@H](CN1c1ccccn1)C2. The number of fused-ring (bicyclic) bond motifs is 1. The first-order valence-corrected chi connectivity index (χ1v) is 13.3. The van der Waals surface area contributed by atoms with Crippen molar-refractivity contribution in [2.45, 2.75) is 62.4 Å². The Balaban J connectivity index is 1.29. The van der Waals surface area contributed by atoms with Gasteiger partial charge in [0.25, 0.3) is 0 Å². The van der Waals surface area contributed by atoms with Crippen molar-refractivity contribution in [3.8, 4) is 5.75 Å². The fourth-order valence-electron chi connectivity index (χ4n) is 9.85. The number of benzene rings is 1. The highest BCUT2D eigenvalue weighted by Gasteiger charge is 2.76. The van der Waals surface area contributed by atoms with Crippen LogP contribution in [0.5, 0.6) is 5.75 Å². The molecule has 6 aliphatic rings. The highest BCUT2D eigenvalue weighted by molar-refractivity contribution is 5.54. The van der Waals surface area contributed by atoms with Crippen LogP contribution in [0, 0.1) is 23.2 Å². The third-order valence-corrected chi connectivity index (χ3v) is 10.9. The molecule has 5 fully saturated rings. The van der Waals surface area contributed by atoms with E-state index in [1.165, 1.54) is 70.4 Å². The lowest BCUT2D eigenvalue weighted by Crippen LogP contribution is -2.69. The maximum Gasteiger partial charge on any atom is 0.128 e. The maximum absolute atomic E-state index is 5.79. The molecule has 4 aliphatic carbocycles. The summed E-state index contributed by atoms with van der Waals surface area (Å²) in [6.45, 7) is 3.84. The van der Waals surface area contributed by atoms with Gasteiger partial charge in [-0.15, -0.1) is 0 Å². The highest BCUT2D eigenvalue weighted by Crippen LogP contribution is 2.75. The van der Waals surface area contributed by atoms with E-state index >= 15 is 0 Å². The Morgan fingerprint density at radius 1 is 1.12 bits per heavy atom. The van der Waals surface area contributed by atoms with Crippen molar-refractivity contribution in [3.05, 3.63) is 53.7 Å². The summed E-state index contributed by atoms with van der Waals surface area (Å²) in [5, 5.41) is 0. The van der Waals surface area contributed by atoms with Crippen molar-refractivity contribution < 1.29 is 4.74 Å². The van der Waals surface area contributed by atoms with Crippen LogP contribution in [0.15, 0.2) is 42.6 Å². The van der Waals surface area contributed by atoms with Gasteiger partial charge in [0.05, 0.1) is 7.11 Å². The number of hydrogen-bond donors (Lipinski definition) is 0. The minimum absolute atomic E-state index is 0.316. The Morgan fingerprint density at radius 2 is 2.06 bits per heavy atom. The highest BCUT2D eigenvalue weighted by atomic mass is 16.5. The third-order valence-electron chi connectivity index (χ3n) is 10.9. The Kier molecular flexibility index (Phi) is 3.81. The fraction of sp³-hybridized carbons (Fsp3) is 0.621. The molecule has 2 aliphatic heterocycles. The largest absolute Gasteiger partial charge is 0.497 e. The van der Waals surface area contributed by atoms with Crippen LogP contribution in [-0.2, 0) is 11.8 Å². The molecule has 4 heteroatoms. The number of ether oxygens (including phenoxy) is 1. The van der Waals surface area contributed by atoms with Gasteiger partial charge in [-0.25, -0.2) is 4.98 Å². The molecule has 4 bridgehead atoms. The van der Waals surface area contributed by atoms with E-state index < -0.39 is 0 Å². The average Bonchev–Trinajstić information content (AvgIpc) is 3.54. The zero-order chi connectivity index (χ0) is 21.8. The first-order chi connectivity index (χ1) is 16.2. The number of rotatable bonds is 4. The van der Waals surface area contributed by atoms with E-state index in [4.69, 9.17) is 9.72 Å². The van der Waals surface area contributed by atoms with Gasteiger partial charge < -0.3 is 9.64 Å². The number of anilines is 1. The minimum atomic E-state index is 0.316. The van der Waals surface area contributed by atoms with Crippen LogP contribution in [0.4, 0.5) is 5.82 Å². The first-order valence-electron chi connectivity index (χ1n) is 13.3. The van der Waals surface area contributed by atoms with E-state index in [1.54, 1.807) is 11.1 Å². The molecule has 2 saturated heterocycles. The summed E-state index contributed by atoms with van der Waals surface area (Å²) in [6.07, 6.45) is 11.6. The topological polar surface area (TPSA) is 28.6 Å². The number of hydrogen-bond acceptors (Lipinski definition) is 4. The molecular weight excluding hydrogens is 406 g/mol. The summed E-state index contributed by atoms with van der Waals surface area (Å²) < 4.78 is 5.79. The van der Waals surface area contributed by atoms with E-state index in [1.807, 2.05) is 13.3 Å². The molecule has 3 saturated carbocycles. The molecule has 0 amide bonds. The Labute approximate surface area is 197 Å². The summed E-state index contributed by atoms with van der Waals surface area (Å²) in [5.74, 6) is 4.77. The molecule has 0 radical (unpaired) electrons. The summed E-state index contributed by atoms with van der Waals surface area (Å²) >= 11 is 0. The summed E-state index contributed by atoms with van der Waals surface area (Å²) in [5.41, 5.74) is 4.07. The van der Waals surface area contributed by atoms with Crippen molar-refractivity contribution in [3.63, 3.8) is 0 Å². The van der Waals surface area contributed by atoms with Crippen molar-refractivity contribution in [2.24, 2.45) is 23.2 Å². The second-order valence-corrected chi connectivity index (χ2v) is 12.0. The van der Waals surface area contributed by atoms with E-state index in [0.717, 1.165) is 29.5 Å². The Hall–Kier alpha value is -2.07. The number of aromatic nitrogens is 1. The molecule has 1 aromatic heterocycles. The lowest BCUT2D eigenvalue weighted by atomic mass is 9.43. The maximum atomic E-state index is 5.79. The van der Waals surface area contributed by atoms with Crippen molar-refractivity contribution >= 4 is 5.82 Å². The van der Waals surface area contributed by atoms with Gasteiger partial charge in [-0.1, -0.05) is 12.1 Å². The number of likely N-dealkylation sites (tertiary alicyclic amines) is 1.